The summed E-state index contributed by atoms with van der Waals surface area (Å²) in [5.41, 5.74) is 3.96. The SMILES string of the molecule is CCCCCCCCN1C(=O)/C(=C\c2ccsc2)c2c(Br)cccc21. The van der Waals surface area contributed by atoms with E-state index in [4.69, 9.17) is 0 Å². The Hall–Kier alpha value is -1.39. The molecule has 0 unspecified atom stereocenters. The highest BCUT2D eigenvalue weighted by atomic mass is 79.9. The minimum atomic E-state index is 0.127. The van der Waals surface area contributed by atoms with Gasteiger partial charge in [0.1, 0.15) is 0 Å². The first-order chi connectivity index (χ1) is 12.2. The van der Waals surface area contributed by atoms with Crippen molar-refractivity contribution in [2.24, 2.45) is 0 Å². The van der Waals surface area contributed by atoms with Gasteiger partial charge in [0.15, 0.2) is 0 Å². The summed E-state index contributed by atoms with van der Waals surface area (Å²) in [5.74, 6) is 0.127. The number of carbonyl (C=O) groups excluding carboxylic acids is 1. The standard InChI is InChI=1S/C21H24BrNOS/c1-2-3-4-5-6-7-12-23-19-10-8-9-18(22)20(19)17(21(23)24)14-16-11-13-25-15-16/h8-11,13-15H,2-7,12H2,1H3/b17-14-. The lowest BCUT2D eigenvalue weighted by Crippen LogP contribution is -2.27. The van der Waals surface area contributed by atoms with Crippen molar-refractivity contribution in [3.05, 3.63) is 50.6 Å². The Morgan fingerprint density at radius 3 is 2.68 bits per heavy atom. The van der Waals surface area contributed by atoms with Crippen molar-refractivity contribution in [2.75, 3.05) is 11.4 Å². The van der Waals surface area contributed by atoms with Crippen LogP contribution in [0, 0.1) is 0 Å². The maximum absolute atomic E-state index is 13.0. The van der Waals surface area contributed by atoms with Gasteiger partial charge >= 0.3 is 0 Å². The number of anilines is 1. The summed E-state index contributed by atoms with van der Waals surface area (Å²) in [5, 5.41) is 4.12. The van der Waals surface area contributed by atoms with Crippen molar-refractivity contribution in [3.63, 3.8) is 0 Å². The van der Waals surface area contributed by atoms with E-state index in [0.717, 1.165) is 39.8 Å². The molecule has 132 valence electrons. The lowest BCUT2D eigenvalue weighted by molar-refractivity contribution is -0.113. The second-order valence-corrected chi connectivity index (χ2v) is 8.11. The van der Waals surface area contributed by atoms with Crippen LogP contribution in [0.2, 0.25) is 0 Å². The molecule has 1 aromatic carbocycles. The van der Waals surface area contributed by atoms with E-state index in [-0.39, 0.29) is 5.91 Å². The molecule has 0 N–H and O–H groups in total. The Labute approximate surface area is 162 Å². The van der Waals surface area contributed by atoms with Crippen LogP contribution >= 0.6 is 27.3 Å². The summed E-state index contributed by atoms with van der Waals surface area (Å²) in [7, 11) is 0. The van der Waals surface area contributed by atoms with Gasteiger partial charge in [0, 0.05) is 16.6 Å². The third-order valence-corrected chi connectivity index (χ3v) is 5.98. The third-order valence-electron chi connectivity index (χ3n) is 4.62. The van der Waals surface area contributed by atoms with Crippen molar-refractivity contribution in [3.8, 4) is 0 Å². The molecule has 0 bridgehead atoms. The van der Waals surface area contributed by atoms with Gasteiger partial charge in [-0.05, 0) is 47.0 Å². The first kappa shape index (κ1) is 18.4. The summed E-state index contributed by atoms with van der Waals surface area (Å²) in [6.45, 7) is 3.04. The van der Waals surface area contributed by atoms with Crippen LogP contribution in [-0.2, 0) is 4.79 Å². The fourth-order valence-electron chi connectivity index (χ4n) is 3.30. The zero-order chi connectivity index (χ0) is 17.6. The van der Waals surface area contributed by atoms with E-state index in [2.05, 4.69) is 40.4 Å². The van der Waals surface area contributed by atoms with Crippen LogP contribution in [0.5, 0.6) is 0 Å². The highest BCUT2D eigenvalue weighted by molar-refractivity contribution is 9.10. The average molecular weight is 418 g/mol. The number of rotatable bonds is 8. The van der Waals surface area contributed by atoms with Crippen LogP contribution in [0.4, 0.5) is 5.69 Å². The van der Waals surface area contributed by atoms with E-state index in [1.54, 1.807) is 11.3 Å². The van der Waals surface area contributed by atoms with Crippen LogP contribution in [-0.4, -0.2) is 12.5 Å². The van der Waals surface area contributed by atoms with Crippen molar-refractivity contribution < 1.29 is 4.79 Å². The van der Waals surface area contributed by atoms with Gasteiger partial charge < -0.3 is 4.90 Å². The second-order valence-electron chi connectivity index (χ2n) is 6.47. The number of halogens is 1. The van der Waals surface area contributed by atoms with Crippen LogP contribution in [0.25, 0.3) is 11.6 Å². The highest BCUT2D eigenvalue weighted by Gasteiger charge is 2.33. The molecule has 3 rings (SSSR count). The highest BCUT2D eigenvalue weighted by Crippen LogP contribution is 2.42. The van der Waals surface area contributed by atoms with Gasteiger partial charge in [0.2, 0.25) is 0 Å². The molecule has 2 aromatic rings. The Morgan fingerprint density at radius 2 is 1.92 bits per heavy atom. The molecule has 0 aliphatic carbocycles. The summed E-state index contributed by atoms with van der Waals surface area (Å²) < 4.78 is 0.991. The number of unbranched alkanes of at least 4 members (excludes halogenated alkanes) is 5. The predicted octanol–water partition coefficient (Wildman–Crippen LogP) is 6.76. The first-order valence-electron chi connectivity index (χ1n) is 9.07. The Balaban J connectivity index is 1.77. The molecule has 2 nitrogen and oxygen atoms in total. The van der Waals surface area contributed by atoms with Crippen LogP contribution in [0.15, 0.2) is 39.5 Å². The van der Waals surface area contributed by atoms with E-state index >= 15 is 0 Å². The van der Waals surface area contributed by atoms with Crippen LogP contribution in [0.1, 0.15) is 56.6 Å². The van der Waals surface area contributed by atoms with E-state index in [1.807, 2.05) is 28.5 Å². The molecule has 1 amide bonds. The molecule has 2 heterocycles. The van der Waals surface area contributed by atoms with Gasteiger partial charge in [-0.15, -0.1) is 0 Å². The zero-order valence-electron chi connectivity index (χ0n) is 14.6. The fraction of sp³-hybridized carbons (Fsp3) is 0.381. The number of thiophene rings is 1. The van der Waals surface area contributed by atoms with Crippen molar-refractivity contribution >= 4 is 50.5 Å². The lowest BCUT2D eigenvalue weighted by atomic mass is 10.1. The summed E-state index contributed by atoms with van der Waals surface area (Å²) in [4.78, 5) is 15.0. The van der Waals surface area contributed by atoms with Crippen LogP contribution in [0.3, 0.4) is 0 Å². The molecule has 1 aliphatic heterocycles. The van der Waals surface area contributed by atoms with Crippen LogP contribution < -0.4 is 4.90 Å². The molecule has 0 atom stereocenters. The molecule has 0 radical (unpaired) electrons. The third kappa shape index (κ3) is 4.24. The van der Waals surface area contributed by atoms with E-state index in [9.17, 15) is 4.79 Å². The molecular weight excluding hydrogens is 394 g/mol. The van der Waals surface area contributed by atoms with E-state index in [1.165, 1.54) is 32.1 Å². The topological polar surface area (TPSA) is 20.3 Å². The minimum Gasteiger partial charge on any atom is -0.308 e. The Kier molecular flexibility index (Phi) is 6.49. The minimum absolute atomic E-state index is 0.127. The van der Waals surface area contributed by atoms with Gasteiger partial charge in [-0.1, -0.05) is 61.0 Å². The van der Waals surface area contributed by atoms with Gasteiger partial charge in [0.05, 0.1) is 11.3 Å². The number of amides is 1. The molecule has 0 fully saturated rings. The fourth-order valence-corrected chi connectivity index (χ4v) is 4.48. The van der Waals surface area contributed by atoms with Crippen molar-refractivity contribution in [1.29, 1.82) is 0 Å². The molecule has 0 spiro atoms. The maximum Gasteiger partial charge on any atom is 0.259 e. The number of nitrogens with zero attached hydrogens (tertiary/aromatic N) is 1. The van der Waals surface area contributed by atoms with Crippen molar-refractivity contribution in [2.45, 2.75) is 45.4 Å². The summed E-state index contributed by atoms with van der Waals surface area (Å²) in [6, 6.07) is 8.14. The molecule has 1 aromatic heterocycles. The van der Waals surface area contributed by atoms with Gasteiger partial charge in [-0.3, -0.25) is 4.79 Å². The number of hydrogen-bond donors (Lipinski definition) is 0. The van der Waals surface area contributed by atoms with Gasteiger partial charge in [-0.25, -0.2) is 0 Å². The lowest BCUT2D eigenvalue weighted by Gasteiger charge is -2.17. The Bertz CT molecular complexity index is 751. The summed E-state index contributed by atoms with van der Waals surface area (Å²) in [6.07, 6.45) is 9.41. The summed E-state index contributed by atoms with van der Waals surface area (Å²) >= 11 is 5.29. The zero-order valence-corrected chi connectivity index (χ0v) is 17.0. The van der Waals surface area contributed by atoms with Gasteiger partial charge in [-0.2, -0.15) is 11.3 Å². The predicted molar refractivity (Wildman–Crippen MR) is 112 cm³/mol. The molecule has 0 saturated heterocycles. The van der Waals surface area contributed by atoms with E-state index in [0.29, 0.717) is 0 Å². The number of fused-ring (bicyclic) bond motifs is 1. The molecular formula is C21H24BrNOS. The molecule has 25 heavy (non-hydrogen) atoms. The quantitative estimate of drug-likeness (QED) is 0.343. The van der Waals surface area contributed by atoms with E-state index < -0.39 is 0 Å². The first-order valence-corrected chi connectivity index (χ1v) is 10.8. The molecule has 4 heteroatoms. The molecule has 1 aliphatic rings. The van der Waals surface area contributed by atoms with Crippen molar-refractivity contribution in [1.82, 2.24) is 0 Å². The molecule has 0 saturated carbocycles. The van der Waals surface area contributed by atoms with Gasteiger partial charge in [0.25, 0.3) is 5.91 Å². The number of hydrogen-bond acceptors (Lipinski definition) is 2. The average Bonchev–Trinajstić information content (AvgIpc) is 3.20. The largest absolute Gasteiger partial charge is 0.308 e. The maximum atomic E-state index is 13.0. The second kappa shape index (κ2) is 8.81. The Morgan fingerprint density at radius 1 is 1.12 bits per heavy atom. The number of benzene rings is 1. The number of carbonyl (C=O) groups is 1. The monoisotopic (exact) mass is 417 g/mol. The normalized spacial score (nSPS) is 15.2. The smallest absolute Gasteiger partial charge is 0.259 e.